The number of aromatic nitrogens is 2. The number of rotatable bonds is 4. The first-order valence-corrected chi connectivity index (χ1v) is 10.4. The van der Waals surface area contributed by atoms with E-state index < -0.39 is 0 Å². The summed E-state index contributed by atoms with van der Waals surface area (Å²) in [6.07, 6.45) is 0.887. The lowest BCUT2D eigenvalue weighted by molar-refractivity contribution is 0.239. The summed E-state index contributed by atoms with van der Waals surface area (Å²) in [6.45, 7) is 4.95. The molecule has 0 saturated heterocycles. The molecule has 2 aliphatic rings. The molecule has 5 nitrogen and oxygen atoms in total. The van der Waals surface area contributed by atoms with Gasteiger partial charge >= 0.3 is 0 Å². The molecular weight excluding hydrogens is 384 g/mol. The van der Waals surface area contributed by atoms with Gasteiger partial charge in [-0.3, -0.25) is 9.69 Å². The monoisotopic (exact) mass is 406 g/mol. The van der Waals surface area contributed by atoms with E-state index in [4.69, 9.17) is 11.6 Å². The van der Waals surface area contributed by atoms with Crippen molar-refractivity contribution in [2.45, 2.75) is 32.6 Å². The van der Waals surface area contributed by atoms with Gasteiger partial charge in [-0.15, -0.1) is 0 Å². The van der Waals surface area contributed by atoms with Crippen LogP contribution in [0.2, 0.25) is 5.02 Å². The SMILES string of the molecule is O=c1nc2n(c3c1CN(Cc1ccccc1)CC3)CCN2Cc1cccc(Cl)c1. The van der Waals surface area contributed by atoms with Gasteiger partial charge in [0.1, 0.15) is 0 Å². The fraction of sp³-hybridized carbons (Fsp3) is 0.304. The van der Waals surface area contributed by atoms with Crippen molar-refractivity contribution in [3.05, 3.63) is 92.4 Å². The fourth-order valence-electron chi connectivity index (χ4n) is 4.42. The Labute approximate surface area is 175 Å². The van der Waals surface area contributed by atoms with E-state index in [9.17, 15) is 4.79 Å². The van der Waals surface area contributed by atoms with E-state index >= 15 is 0 Å². The van der Waals surface area contributed by atoms with Crippen molar-refractivity contribution in [2.75, 3.05) is 18.0 Å². The van der Waals surface area contributed by atoms with Crippen molar-refractivity contribution in [3.63, 3.8) is 0 Å². The Morgan fingerprint density at radius 3 is 2.59 bits per heavy atom. The van der Waals surface area contributed by atoms with Crippen LogP contribution in [0.4, 0.5) is 5.95 Å². The highest BCUT2D eigenvalue weighted by Gasteiger charge is 2.29. The molecule has 0 unspecified atom stereocenters. The summed E-state index contributed by atoms with van der Waals surface area (Å²) in [6, 6.07) is 18.3. The van der Waals surface area contributed by atoms with Gasteiger partial charge in [0.15, 0.2) is 0 Å². The summed E-state index contributed by atoms with van der Waals surface area (Å²) >= 11 is 6.13. The molecule has 5 rings (SSSR count). The van der Waals surface area contributed by atoms with Crippen molar-refractivity contribution in [1.82, 2.24) is 14.5 Å². The van der Waals surface area contributed by atoms with E-state index in [0.29, 0.717) is 13.1 Å². The first kappa shape index (κ1) is 18.4. The third-order valence-electron chi connectivity index (χ3n) is 5.81. The smallest absolute Gasteiger partial charge is 0.279 e. The van der Waals surface area contributed by atoms with Gasteiger partial charge in [-0.05, 0) is 23.3 Å². The molecule has 0 N–H and O–H groups in total. The van der Waals surface area contributed by atoms with Gasteiger partial charge in [-0.25, -0.2) is 0 Å². The quantitative estimate of drug-likeness (QED) is 0.665. The Bertz CT molecular complexity index is 1100. The molecular formula is C23H23ClN4O. The average Bonchev–Trinajstić information content (AvgIpc) is 3.11. The zero-order chi connectivity index (χ0) is 19.8. The van der Waals surface area contributed by atoms with Crippen molar-refractivity contribution >= 4 is 17.5 Å². The van der Waals surface area contributed by atoms with E-state index in [1.165, 1.54) is 5.56 Å². The fourth-order valence-corrected chi connectivity index (χ4v) is 4.63. The van der Waals surface area contributed by atoms with Gasteiger partial charge in [0.05, 0.1) is 5.56 Å². The molecule has 0 aliphatic carbocycles. The number of anilines is 1. The Morgan fingerprint density at radius 1 is 0.931 bits per heavy atom. The van der Waals surface area contributed by atoms with Crippen LogP contribution in [0.25, 0.3) is 0 Å². The Morgan fingerprint density at radius 2 is 1.76 bits per heavy atom. The van der Waals surface area contributed by atoms with Gasteiger partial charge in [-0.1, -0.05) is 54.1 Å². The predicted octanol–water partition coefficient (Wildman–Crippen LogP) is 3.48. The van der Waals surface area contributed by atoms with Gasteiger partial charge in [0, 0.05) is 56.4 Å². The normalized spacial score (nSPS) is 16.0. The van der Waals surface area contributed by atoms with Crippen LogP contribution in [0.5, 0.6) is 0 Å². The minimum atomic E-state index is -0.0815. The number of halogens is 1. The molecule has 2 aliphatic heterocycles. The summed E-state index contributed by atoms with van der Waals surface area (Å²) in [5.41, 5.74) is 4.35. The molecule has 0 spiro atoms. The number of hydrogen-bond donors (Lipinski definition) is 0. The van der Waals surface area contributed by atoms with E-state index in [1.54, 1.807) is 0 Å². The lowest BCUT2D eigenvalue weighted by atomic mass is 10.1. The van der Waals surface area contributed by atoms with Crippen LogP contribution in [0, 0.1) is 0 Å². The van der Waals surface area contributed by atoms with Crippen LogP contribution in [0.1, 0.15) is 22.4 Å². The van der Waals surface area contributed by atoms with E-state index in [1.807, 2.05) is 24.3 Å². The minimum absolute atomic E-state index is 0.0815. The Balaban J connectivity index is 1.39. The molecule has 0 saturated carbocycles. The first-order chi connectivity index (χ1) is 14.2. The van der Waals surface area contributed by atoms with Crippen LogP contribution in [-0.2, 0) is 32.6 Å². The molecule has 3 aromatic rings. The number of fused-ring (bicyclic) bond motifs is 3. The third kappa shape index (κ3) is 3.68. The summed E-state index contributed by atoms with van der Waals surface area (Å²) < 4.78 is 2.25. The number of nitrogens with zero attached hydrogens (tertiary/aromatic N) is 4. The van der Waals surface area contributed by atoms with Crippen LogP contribution in [-0.4, -0.2) is 27.5 Å². The summed E-state index contributed by atoms with van der Waals surface area (Å²) in [7, 11) is 0. The minimum Gasteiger partial charge on any atom is -0.336 e. The van der Waals surface area contributed by atoms with Crippen LogP contribution in [0.15, 0.2) is 59.4 Å². The molecule has 0 fully saturated rings. The molecule has 0 atom stereocenters. The standard InChI is InChI=1S/C23H23ClN4O/c24-19-8-4-7-18(13-19)15-27-11-12-28-21-9-10-26(14-17-5-2-1-3-6-17)16-20(21)22(29)25-23(27)28/h1-8,13H,9-12,14-16H2. The van der Waals surface area contributed by atoms with Crippen LogP contribution in [0.3, 0.4) is 0 Å². The molecule has 0 bridgehead atoms. The van der Waals surface area contributed by atoms with Gasteiger partial charge in [0.2, 0.25) is 5.95 Å². The molecule has 1 aromatic heterocycles. The first-order valence-electron chi connectivity index (χ1n) is 10.1. The Hall–Kier alpha value is -2.63. The molecule has 2 aromatic carbocycles. The summed E-state index contributed by atoms with van der Waals surface area (Å²) in [5.74, 6) is 0.797. The third-order valence-corrected chi connectivity index (χ3v) is 6.04. The van der Waals surface area contributed by atoms with Crippen LogP contribution < -0.4 is 10.5 Å². The molecule has 3 heterocycles. The summed E-state index contributed by atoms with van der Waals surface area (Å²) in [4.78, 5) is 21.9. The van der Waals surface area contributed by atoms with E-state index in [-0.39, 0.29) is 5.56 Å². The predicted molar refractivity (Wildman–Crippen MR) is 115 cm³/mol. The topological polar surface area (TPSA) is 41.4 Å². The number of hydrogen-bond acceptors (Lipinski definition) is 4. The lowest BCUT2D eigenvalue weighted by Gasteiger charge is -2.30. The molecule has 0 amide bonds. The van der Waals surface area contributed by atoms with Crippen molar-refractivity contribution in [1.29, 1.82) is 0 Å². The maximum absolute atomic E-state index is 12.9. The highest BCUT2D eigenvalue weighted by Crippen LogP contribution is 2.27. The second-order valence-electron chi connectivity index (χ2n) is 7.79. The molecule has 148 valence electrons. The highest BCUT2D eigenvalue weighted by molar-refractivity contribution is 6.30. The van der Waals surface area contributed by atoms with Crippen molar-refractivity contribution < 1.29 is 0 Å². The zero-order valence-corrected chi connectivity index (χ0v) is 17.0. The Kier molecular flexibility index (Phi) is 4.86. The average molecular weight is 407 g/mol. The number of benzene rings is 2. The molecule has 0 radical (unpaired) electrons. The van der Waals surface area contributed by atoms with Crippen molar-refractivity contribution in [2.24, 2.45) is 0 Å². The van der Waals surface area contributed by atoms with Gasteiger partial charge in [0.25, 0.3) is 5.56 Å². The van der Waals surface area contributed by atoms with Crippen molar-refractivity contribution in [3.8, 4) is 0 Å². The maximum atomic E-state index is 12.9. The van der Waals surface area contributed by atoms with E-state index in [2.05, 4.69) is 49.7 Å². The second kappa shape index (κ2) is 7.65. The second-order valence-corrected chi connectivity index (χ2v) is 8.23. The lowest BCUT2D eigenvalue weighted by Crippen LogP contribution is -2.37. The van der Waals surface area contributed by atoms with Gasteiger partial charge in [-0.2, -0.15) is 4.98 Å². The highest BCUT2D eigenvalue weighted by atomic mass is 35.5. The molecule has 29 heavy (non-hydrogen) atoms. The van der Waals surface area contributed by atoms with Gasteiger partial charge < -0.3 is 9.47 Å². The summed E-state index contributed by atoms with van der Waals surface area (Å²) in [5, 5.41) is 0.732. The van der Waals surface area contributed by atoms with Crippen LogP contribution >= 0.6 is 11.6 Å². The largest absolute Gasteiger partial charge is 0.336 e. The van der Waals surface area contributed by atoms with E-state index in [0.717, 1.165) is 60.4 Å². The molecule has 6 heteroatoms. The maximum Gasteiger partial charge on any atom is 0.279 e. The zero-order valence-electron chi connectivity index (χ0n) is 16.2.